The Morgan fingerprint density at radius 2 is 1.76 bits per heavy atom. The van der Waals surface area contributed by atoms with E-state index in [0.29, 0.717) is 18.6 Å². The number of ether oxygens (including phenoxy) is 1. The summed E-state index contributed by atoms with van der Waals surface area (Å²) in [4.78, 5) is 14.1. The molecule has 2 aromatic carbocycles. The molecular formula is C22H18O2S. The summed E-state index contributed by atoms with van der Waals surface area (Å²) in [5.41, 5.74) is 1.46. The standard InChI is InChI=1S/C22H18O2S/c23-21-22(16-17-8-2-1-3-9-17,14-6-10-18-11-7-15-25-18)19-12-4-5-13-20(19)24-21/h1-13,15H,14,16H2/b10-6+/t22-/m0/s1. The summed E-state index contributed by atoms with van der Waals surface area (Å²) in [5.74, 6) is 0.529. The predicted molar refractivity (Wildman–Crippen MR) is 102 cm³/mol. The lowest BCUT2D eigenvalue weighted by molar-refractivity contribution is -0.138. The van der Waals surface area contributed by atoms with Crippen LogP contribution in [0.4, 0.5) is 0 Å². The molecule has 0 aliphatic carbocycles. The zero-order valence-electron chi connectivity index (χ0n) is 13.7. The second kappa shape index (κ2) is 6.69. The predicted octanol–water partition coefficient (Wildman–Crippen LogP) is 5.25. The first-order valence-corrected chi connectivity index (χ1v) is 9.22. The van der Waals surface area contributed by atoms with Crippen molar-refractivity contribution in [3.8, 4) is 5.75 Å². The Bertz CT molecular complexity index is 897. The minimum atomic E-state index is -0.661. The van der Waals surface area contributed by atoms with Crippen molar-refractivity contribution in [1.82, 2.24) is 0 Å². The lowest BCUT2D eigenvalue weighted by Crippen LogP contribution is -2.35. The van der Waals surface area contributed by atoms with E-state index < -0.39 is 5.41 Å². The zero-order valence-corrected chi connectivity index (χ0v) is 14.5. The average molecular weight is 346 g/mol. The van der Waals surface area contributed by atoms with Gasteiger partial charge in [0.25, 0.3) is 0 Å². The summed E-state index contributed by atoms with van der Waals surface area (Å²) >= 11 is 1.69. The fraction of sp³-hybridized carbons (Fsp3) is 0.136. The number of esters is 1. The monoisotopic (exact) mass is 346 g/mol. The molecular weight excluding hydrogens is 328 g/mol. The van der Waals surface area contributed by atoms with Gasteiger partial charge in [0.2, 0.25) is 0 Å². The maximum absolute atomic E-state index is 12.9. The van der Waals surface area contributed by atoms with E-state index in [1.165, 1.54) is 4.88 Å². The minimum absolute atomic E-state index is 0.159. The molecule has 3 heteroatoms. The van der Waals surface area contributed by atoms with E-state index in [1.54, 1.807) is 11.3 Å². The van der Waals surface area contributed by atoms with E-state index in [0.717, 1.165) is 11.1 Å². The lowest BCUT2D eigenvalue weighted by Gasteiger charge is -2.24. The molecule has 1 aromatic heterocycles. The van der Waals surface area contributed by atoms with Gasteiger partial charge < -0.3 is 4.74 Å². The van der Waals surface area contributed by atoms with Crippen molar-refractivity contribution in [2.45, 2.75) is 18.3 Å². The van der Waals surface area contributed by atoms with Crippen LogP contribution in [0.3, 0.4) is 0 Å². The van der Waals surface area contributed by atoms with Crippen LogP contribution in [0.25, 0.3) is 6.08 Å². The lowest BCUT2D eigenvalue weighted by atomic mass is 9.74. The van der Waals surface area contributed by atoms with Gasteiger partial charge in [0, 0.05) is 10.4 Å². The molecule has 3 aromatic rings. The van der Waals surface area contributed by atoms with E-state index in [2.05, 4.69) is 35.7 Å². The SMILES string of the molecule is O=C1Oc2ccccc2[C@]1(C/C=C/c1cccs1)Cc1ccccc1. The Balaban J connectivity index is 1.72. The first-order valence-electron chi connectivity index (χ1n) is 8.34. The first-order chi connectivity index (χ1) is 12.3. The quantitative estimate of drug-likeness (QED) is 0.466. The van der Waals surface area contributed by atoms with E-state index in [4.69, 9.17) is 4.74 Å². The summed E-state index contributed by atoms with van der Waals surface area (Å²) in [6, 6.07) is 22.0. The van der Waals surface area contributed by atoms with Gasteiger partial charge in [0.05, 0.1) is 0 Å². The molecule has 0 saturated carbocycles. The van der Waals surface area contributed by atoms with Crippen molar-refractivity contribution < 1.29 is 9.53 Å². The normalized spacial score (nSPS) is 19.1. The molecule has 0 unspecified atom stereocenters. The number of carbonyl (C=O) groups excluding carboxylic acids is 1. The molecule has 25 heavy (non-hydrogen) atoms. The van der Waals surface area contributed by atoms with Gasteiger partial charge in [-0.1, -0.05) is 60.7 Å². The fourth-order valence-corrected chi connectivity index (χ4v) is 4.04. The molecule has 0 N–H and O–H groups in total. The van der Waals surface area contributed by atoms with Crippen molar-refractivity contribution in [1.29, 1.82) is 0 Å². The van der Waals surface area contributed by atoms with Gasteiger partial charge in [-0.3, -0.25) is 4.79 Å². The van der Waals surface area contributed by atoms with Gasteiger partial charge >= 0.3 is 5.97 Å². The Morgan fingerprint density at radius 1 is 0.960 bits per heavy atom. The number of fused-ring (bicyclic) bond motifs is 1. The van der Waals surface area contributed by atoms with E-state index in [9.17, 15) is 4.79 Å². The van der Waals surface area contributed by atoms with Gasteiger partial charge in [-0.15, -0.1) is 11.3 Å². The van der Waals surface area contributed by atoms with E-state index in [-0.39, 0.29) is 5.97 Å². The van der Waals surface area contributed by atoms with Crippen LogP contribution in [-0.4, -0.2) is 5.97 Å². The van der Waals surface area contributed by atoms with Crippen LogP contribution in [-0.2, 0) is 16.6 Å². The van der Waals surface area contributed by atoms with Crippen LogP contribution in [0.2, 0.25) is 0 Å². The third kappa shape index (κ3) is 3.03. The highest BCUT2D eigenvalue weighted by Gasteiger charge is 2.48. The molecule has 2 heterocycles. The molecule has 124 valence electrons. The van der Waals surface area contributed by atoms with Crippen molar-refractivity contribution in [2.24, 2.45) is 0 Å². The molecule has 0 saturated heterocycles. The molecule has 0 spiro atoms. The van der Waals surface area contributed by atoms with Crippen molar-refractivity contribution in [3.63, 3.8) is 0 Å². The van der Waals surface area contributed by atoms with Gasteiger partial charge in [0.15, 0.2) is 0 Å². The van der Waals surface area contributed by atoms with Crippen LogP contribution in [0, 0.1) is 0 Å². The molecule has 1 atom stereocenters. The smallest absolute Gasteiger partial charge is 0.322 e. The number of thiophene rings is 1. The van der Waals surface area contributed by atoms with E-state index in [1.807, 2.05) is 48.5 Å². The highest BCUT2D eigenvalue weighted by molar-refractivity contribution is 7.10. The molecule has 1 aliphatic rings. The second-order valence-corrected chi connectivity index (χ2v) is 7.23. The fourth-order valence-electron chi connectivity index (χ4n) is 3.40. The maximum atomic E-state index is 12.9. The number of rotatable bonds is 5. The zero-order chi connectivity index (χ0) is 17.1. The molecule has 1 aliphatic heterocycles. The average Bonchev–Trinajstić information content (AvgIpc) is 3.24. The highest BCUT2D eigenvalue weighted by atomic mass is 32.1. The molecule has 0 amide bonds. The van der Waals surface area contributed by atoms with Crippen molar-refractivity contribution in [2.75, 3.05) is 0 Å². The van der Waals surface area contributed by atoms with Crippen molar-refractivity contribution in [3.05, 3.63) is 94.2 Å². The van der Waals surface area contributed by atoms with Crippen LogP contribution >= 0.6 is 11.3 Å². The van der Waals surface area contributed by atoms with Crippen molar-refractivity contribution >= 4 is 23.4 Å². The number of hydrogen-bond donors (Lipinski definition) is 0. The summed E-state index contributed by atoms with van der Waals surface area (Å²) in [6.07, 6.45) is 5.44. The Kier molecular flexibility index (Phi) is 4.24. The first kappa shape index (κ1) is 15.9. The highest BCUT2D eigenvalue weighted by Crippen LogP contribution is 2.44. The van der Waals surface area contributed by atoms with Gasteiger partial charge in [-0.05, 0) is 42.0 Å². The van der Waals surface area contributed by atoms with Crippen LogP contribution in [0.15, 0.2) is 78.2 Å². The third-order valence-corrected chi connectivity index (χ3v) is 5.47. The van der Waals surface area contributed by atoms with Gasteiger partial charge in [-0.2, -0.15) is 0 Å². The summed E-state index contributed by atoms with van der Waals surface area (Å²) < 4.78 is 5.61. The van der Waals surface area contributed by atoms with E-state index >= 15 is 0 Å². The Morgan fingerprint density at radius 3 is 2.56 bits per heavy atom. The molecule has 4 rings (SSSR count). The topological polar surface area (TPSA) is 26.3 Å². The second-order valence-electron chi connectivity index (χ2n) is 6.25. The summed E-state index contributed by atoms with van der Waals surface area (Å²) in [5, 5.41) is 2.05. The summed E-state index contributed by atoms with van der Waals surface area (Å²) in [6.45, 7) is 0. The number of carbonyl (C=O) groups is 1. The third-order valence-electron chi connectivity index (χ3n) is 4.64. The largest absolute Gasteiger partial charge is 0.426 e. The number of hydrogen-bond acceptors (Lipinski definition) is 3. The Labute approximate surface area is 151 Å². The Hall–Kier alpha value is -2.65. The summed E-state index contributed by atoms with van der Waals surface area (Å²) in [7, 11) is 0. The number of para-hydroxylation sites is 1. The van der Waals surface area contributed by atoms with Crippen LogP contribution in [0.5, 0.6) is 5.75 Å². The van der Waals surface area contributed by atoms with Gasteiger partial charge in [-0.25, -0.2) is 0 Å². The number of allylic oxidation sites excluding steroid dienone is 1. The van der Waals surface area contributed by atoms with Crippen LogP contribution in [0.1, 0.15) is 22.4 Å². The molecule has 2 nitrogen and oxygen atoms in total. The molecule has 0 bridgehead atoms. The molecule has 0 fully saturated rings. The maximum Gasteiger partial charge on any atom is 0.322 e. The van der Waals surface area contributed by atoms with Crippen LogP contribution < -0.4 is 4.74 Å². The number of benzene rings is 2. The minimum Gasteiger partial charge on any atom is -0.426 e. The van der Waals surface area contributed by atoms with Gasteiger partial charge in [0.1, 0.15) is 11.2 Å². The molecule has 0 radical (unpaired) electrons.